The van der Waals surface area contributed by atoms with Gasteiger partial charge in [-0.3, -0.25) is 0 Å². The molecule has 0 aromatic rings. The Morgan fingerprint density at radius 1 is 1.83 bits per heavy atom. The Labute approximate surface area is 38.0 Å². The van der Waals surface area contributed by atoms with Crippen molar-refractivity contribution in [2.75, 3.05) is 0 Å². The maximum absolute atomic E-state index is 8.69. The Balaban J connectivity index is 2.20. The van der Waals surface area contributed by atoms with Gasteiger partial charge in [0.15, 0.2) is 0 Å². The van der Waals surface area contributed by atoms with E-state index in [1.54, 1.807) is 0 Å². The van der Waals surface area contributed by atoms with Gasteiger partial charge >= 0.3 is 0 Å². The molecule has 1 radical (unpaired) electrons. The topological polar surface area (TPSA) is 20.2 Å². The number of aliphatic hydroxyl groups excluding tert-OH is 1. The minimum Gasteiger partial charge on any atom is -0.393 e. The molecule has 0 aliphatic heterocycles. The molecule has 1 fully saturated rings. The number of rotatable bonds is 0. The molecule has 2 unspecified atom stereocenters. The quantitative estimate of drug-likeness (QED) is 0.456. The fourth-order valence-electron chi connectivity index (χ4n) is 0.530. The van der Waals surface area contributed by atoms with Gasteiger partial charge < -0.3 is 5.11 Å². The molecule has 2 atom stereocenters. The summed E-state index contributed by atoms with van der Waals surface area (Å²) in [4.78, 5) is 0. The molecular weight excluding hydrogens is 76.1 g/mol. The van der Waals surface area contributed by atoms with E-state index in [0.29, 0.717) is 5.92 Å². The summed E-state index contributed by atoms with van der Waals surface area (Å²) in [6.45, 7) is 2.02. The lowest BCUT2D eigenvalue weighted by Gasteiger charge is -2.27. The molecule has 1 aliphatic rings. The van der Waals surface area contributed by atoms with Crippen molar-refractivity contribution < 1.29 is 5.11 Å². The molecule has 6 heavy (non-hydrogen) atoms. The fraction of sp³-hybridized carbons (Fsp3) is 0.800. The molecule has 0 spiro atoms. The molecule has 0 aromatic heterocycles. The van der Waals surface area contributed by atoms with Gasteiger partial charge in [-0.15, -0.1) is 0 Å². The van der Waals surface area contributed by atoms with E-state index in [1.807, 2.05) is 6.92 Å². The van der Waals surface area contributed by atoms with Gasteiger partial charge in [0.05, 0.1) is 6.10 Å². The predicted octanol–water partition coefficient (Wildman–Crippen LogP) is 0.591. The SMILES string of the molecule is CC1[CH]CC1O. The van der Waals surface area contributed by atoms with E-state index >= 15 is 0 Å². The van der Waals surface area contributed by atoms with Crippen molar-refractivity contribution in [1.82, 2.24) is 0 Å². The zero-order chi connectivity index (χ0) is 4.57. The summed E-state index contributed by atoms with van der Waals surface area (Å²) in [6.07, 6.45) is 3.00. The minimum absolute atomic E-state index is 0.0231. The lowest BCUT2D eigenvalue weighted by atomic mass is 9.84. The van der Waals surface area contributed by atoms with Crippen LogP contribution in [-0.4, -0.2) is 11.2 Å². The van der Waals surface area contributed by atoms with Crippen molar-refractivity contribution in [3.63, 3.8) is 0 Å². The summed E-state index contributed by atoms with van der Waals surface area (Å²) < 4.78 is 0. The van der Waals surface area contributed by atoms with Crippen LogP contribution in [0.5, 0.6) is 0 Å². The van der Waals surface area contributed by atoms with Gasteiger partial charge in [0.1, 0.15) is 0 Å². The third-order valence-electron chi connectivity index (χ3n) is 1.36. The second kappa shape index (κ2) is 1.23. The first-order chi connectivity index (χ1) is 2.80. The molecule has 1 aliphatic carbocycles. The summed E-state index contributed by atoms with van der Waals surface area (Å²) in [7, 11) is 0. The first-order valence-corrected chi connectivity index (χ1v) is 2.32. The third-order valence-corrected chi connectivity index (χ3v) is 1.36. The molecule has 0 bridgehead atoms. The molecule has 1 N–H and O–H groups in total. The molecule has 1 heteroatoms. The second-order valence-electron chi connectivity index (χ2n) is 1.90. The van der Waals surface area contributed by atoms with Crippen LogP contribution in [0.15, 0.2) is 0 Å². The highest BCUT2D eigenvalue weighted by atomic mass is 16.3. The van der Waals surface area contributed by atoms with Crippen LogP contribution in [-0.2, 0) is 0 Å². The van der Waals surface area contributed by atoms with Crippen LogP contribution >= 0.6 is 0 Å². The molecule has 0 aromatic carbocycles. The second-order valence-corrected chi connectivity index (χ2v) is 1.90. The molecule has 0 saturated heterocycles. The summed E-state index contributed by atoms with van der Waals surface area (Å²) in [5, 5.41) is 8.69. The lowest BCUT2D eigenvalue weighted by molar-refractivity contribution is 0.0792. The van der Waals surface area contributed by atoms with Crippen LogP contribution in [0.4, 0.5) is 0 Å². The van der Waals surface area contributed by atoms with Gasteiger partial charge in [-0.2, -0.15) is 0 Å². The number of aliphatic hydroxyl groups is 1. The zero-order valence-corrected chi connectivity index (χ0v) is 3.89. The normalized spacial score (nSPS) is 45.0. The molecule has 1 rings (SSSR count). The molecule has 35 valence electrons. The van der Waals surface area contributed by atoms with Gasteiger partial charge in [0, 0.05) is 0 Å². The van der Waals surface area contributed by atoms with Crippen LogP contribution in [0.2, 0.25) is 0 Å². The van der Waals surface area contributed by atoms with E-state index < -0.39 is 0 Å². The Morgan fingerprint density at radius 3 is 2.33 bits per heavy atom. The highest BCUT2D eigenvalue weighted by Crippen LogP contribution is 2.24. The maximum Gasteiger partial charge on any atom is 0.0571 e. The average Bonchev–Trinajstić information content (AvgIpc) is 1.61. The number of hydrogen-bond donors (Lipinski definition) is 1. The minimum atomic E-state index is -0.0231. The van der Waals surface area contributed by atoms with Crippen LogP contribution in [0.25, 0.3) is 0 Å². The summed E-state index contributed by atoms with van der Waals surface area (Å²) >= 11 is 0. The summed E-state index contributed by atoms with van der Waals surface area (Å²) in [6, 6.07) is 0. The molecule has 1 nitrogen and oxygen atoms in total. The van der Waals surface area contributed by atoms with Crippen molar-refractivity contribution in [3.05, 3.63) is 6.42 Å². The van der Waals surface area contributed by atoms with Gasteiger partial charge in [-0.1, -0.05) is 6.92 Å². The van der Waals surface area contributed by atoms with Crippen molar-refractivity contribution in [2.45, 2.75) is 19.4 Å². The van der Waals surface area contributed by atoms with E-state index in [4.69, 9.17) is 5.11 Å². The van der Waals surface area contributed by atoms with E-state index in [2.05, 4.69) is 6.42 Å². The Bertz CT molecular complexity index is 43.9. The highest BCUT2D eigenvalue weighted by molar-refractivity contribution is 4.92. The standard InChI is InChI=1S/C5H9O/c1-4-2-3-5(4)6/h2,4-6H,3H2,1H3. The Morgan fingerprint density at radius 2 is 2.33 bits per heavy atom. The monoisotopic (exact) mass is 85.1 g/mol. The van der Waals surface area contributed by atoms with Crippen molar-refractivity contribution in [2.24, 2.45) is 5.92 Å². The van der Waals surface area contributed by atoms with Crippen LogP contribution in [0.1, 0.15) is 13.3 Å². The smallest absolute Gasteiger partial charge is 0.0571 e. The predicted molar refractivity (Wildman–Crippen MR) is 24.1 cm³/mol. The average molecular weight is 85.1 g/mol. The van der Waals surface area contributed by atoms with E-state index in [1.165, 1.54) is 0 Å². The molecule has 0 heterocycles. The zero-order valence-electron chi connectivity index (χ0n) is 3.89. The van der Waals surface area contributed by atoms with Crippen LogP contribution in [0.3, 0.4) is 0 Å². The van der Waals surface area contributed by atoms with Gasteiger partial charge in [-0.05, 0) is 18.8 Å². The Hall–Kier alpha value is -0.0400. The number of hydrogen-bond acceptors (Lipinski definition) is 1. The fourth-order valence-corrected chi connectivity index (χ4v) is 0.530. The first kappa shape index (κ1) is 4.13. The maximum atomic E-state index is 8.69. The van der Waals surface area contributed by atoms with Crippen LogP contribution in [0, 0.1) is 12.3 Å². The Kier molecular flexibility index (Phi) is 0.845. The van der Waals surface area contributed by atoms with Crippen molar-refractivity contribution in [1.29, 1.82) is 0 Å². The third kappa shape index (κ3) is 0.432. The first-order valence-electron chi connectivity index (χ1n) is 2.32. The largest absolute Gasteiger partial charge is 0.393 e. The van der Waals surface area contributed by atoms with Gasteiger partial charge in [0.2, 0.25) is 0 Å². The summed E-state index contributed by atoms with van der Waals surface area (Å²) in [5.74, 6) is 0.463. The molecular formula is C5H9O. The van der Waals surface area contributed by atoms with E-state index in [-0.39, 0.29) is 6.10 Å². The molecule has 1 saturated carbocycles. The van der Waals surface area contributed by atoms with E-state index in [0.717, 1.165) is 6.42 Å². The van der Waals surface area contributed by atoms with Gasteiger partial charge in [-0.25, -0.2) is 0 Å². The lowest BCUT2D eigenvalue weighted by Crippen LogP contribution is -2.28. The van der Waals surface area contributed by atoms with Crippen LogP contribution < -0.4 is 0 Å². The van der Waals surface area contributed by atoms with Crippen molar-refractivity contribution >= 4 is 0 Å². The van der Waals surface area contributed by atoms with E-state index in [9.17, 15) is 0 Å². The summed E-state index contributed by atoms with van der Waals surface area (Å²) in [5.41, 5.74) is 0. The van der Waals surface area contributed by atoms with Crippen molar-refractivity contribution in [3.8, 4) is 0 Å². The highest BCUT2D eigenvalue weighted by Gasteiger charge is 2.23. The van der Waals surface area contributed by atoms with Gasteiger partial charge in [0.25, 0.3) is 0 Å². The molecule has 0 amide bonds.